The molecule has 0 spiro atoms. The van der Waals surface area contributed by atoms with E-state index in [1.165, 1.54) is 22.8 Å². The minimum Gasteiger partial charge on any atom is -0.545 e. The summed E-state index contributed by atoms with van der Waals surface area (Å²) in [7, 11) is 0. The van der Waals surface area contributed by atoms with Crippen molar-refractivity contribution in [2.45, 2.75) is 0 Å². The summed E-state index contributed by atoms with van der Waals surface area (Å²) < 4.78 is 0. The van der Waals surface area contributed by atoms with Crippen LogP contribution >= 0.6 is 11.3 Å². The number of carbonyl (C=O) groups is 1. The molecular formula is C5H3LiO2S. The van der Waals surface area contributed by atoms with Gasteiger partial charge in [-0.25, -0.2) is 0 Å². The average Bonchev–Trinajstić information content (AvgIpc) is 2.12. The van der Waals surface area contributed by atoms with Crippen LogP contribution in [0.5, 0.6) is 0 Å². The fourth-order valence-corrected chi connectivity index (χ4v) is 1.01. The molecule has 9 heavy (non-hydrogen) atoms. The van der Waals surface area contributed by atoms with Crippen LogP contribution in [0, 0.1) is 0 Å². The van der Waals surface area contributed by atoms with E-state index >= 15 is 0 Å². The first-order valence-electron chi connectivity index (χ1n) is 2.04. The minimum absolute atomic E-state index is 0. The molecule has 0 unspecified atom stereocenters. The molecular weight excluding hydrogens is 131 g/mol. The topological polar surface area (TPSA) is 40.1 Å². The van der Waals surface area contributed by atoms with E-state index in [0.717, 1.165) is 0 Å². The summed E-state index contributed by atoms with van der Waals surface area (Å²) in [4.78, 5) is 9.96. The molecule has 0 radical (unpaired) electrons. The van der Waals surface area contributed by atoms with Gasteiger partial charge in [-0.05, 0) is 16.8 Å². The van der Waals surface area contributed by atoms with Crippen molar-refractivity contribution in [3.8, 4) is 0 Å². The molecule has 1 rings (SSSR count). The van der Waals surface area contributed by atoms with Crippen LogP contribution in [-0.2, 0) is 0 Å². The predicted molar refractivity (Wildman–Crippen MR) is 28.6 cm³/mol. The SMILES string of the molecule is O=C([O-])c1ccsc1.[Li+]. The van der Waals surface area contributed by atoms with Crippen LogP contribution in [0.15, 0.2) is 16.8 Å². The number of rotatable bonds is 1. The Bertz CT molecular complexity index is 183. The minimum atomic E-state index is -1.11. The van der Waals surface area contributed by atoms with Gasteiger partial charge >= 0.3 is 18.9 Å². The summed E-state index contributed by atoms with van der Waals surface area (Å²) in [5.41, 5.74) is 0.259. The average molecular weight is 134 g/mol. The molecule has 0 aliphatic rings. The smallest absolute Gasteiger partial charge is 0.545 e. The number of aromatic carboxylic acids is 1. The van der Waals surface area contributed by atoms with Crippen molar-refractivity contribution < 1.29 is 28.8 Å². The third-order valence-electron chi connectivity index (χ3n) is 0.757. The zero-order valence-electron chi connectivity index (χ0n) is 4.96. The quantitative estimate of drug-likeness (QED) is 0.387. The van der Waals surface area contributed by atoms with Crippen molar-refractivity contribution in [1.82, 2.24) is 0 Å². The first-order valence-corrected chi connectivity index (χ1v) is 2.98. The van der Waals surface area contributed by atoms with E-state index in [-0.39, 0.29) is 24.4 Å². The molecule has 0 aliphatic heterocycles. The standard InChI is InChI=1S/C5H4O2S.Li/c6-5(7)4-1-2-8-3-4;/h1-3H,(H,6,7);/q;+1/p-1. The second-order valence-corrected chi connectivity index (χ2v) is 2.08. The zero-order chi connectivity index (χ0) is 5.98. The Kier molecular flexibility index (Phi) is 3.63. The maximum atomic E-state index is 9.96. The molecule has 42 valence electrons. The Morgan fingerprint density at radius 1 is 1.67 bits per heavy atom. The van der Waals surface area contributed by atoms with Crippen LogP contribution in [0.25, 0.3) is 0 Å². The Morgan fingerprint density at radius 2 is 2.33 bits per heavy atom. The molecule has 0 bridgehead atoms. The predicted octanol–water partition coefficient (Wildman–Crippen LogP) is -2.88. The molecule has 0 N–H and O–H groups in total. The van der Waals surface area contributed by atoms with E-state index in [4.69, 9.17) is 0 Å². The summed E-state index contributed by atoms with van der Waals surface area (Å²) in [5, 5.41) is 13.2. The second-order valence-electron chi connectivity index (χ2n) is 1.30. The molecule has 1 aromatic heterocycles. The van der Waals surface area contributed by atoms with Crippen molar-refractivity contribution in [1.29, 1.82) is 0 Å². The van der Waals surface area contributed by atoms with Crippen molar-refractivity contribution in [3.05, 3.63) is 22.4 Å². The number of carboxylic acid groups (broad SMARTS) is 1. The van der Waals surface area contributed by atoms with Crippen molar-refractivity contribution in [2.75, 3.05) is 0 Å². The van der Waals surface area contributed by atoms with Crippen LogP contribution < -0.4 is 24.0 Å². The third kappa shape index (κ3) is 2.23. The van der Waals surface area contributed by atoms with E-state index in [1.54, 1.807) is 5.38 Å². The van der Waals surface area contributed by atoms with Gasteiger partial charge in [0.1, 0.15) is 0 Å². The number of carboxylic acids is 1. The second kappa shape index (κ2) is 3.73. The molecule has 0 aliphatic carbocycles. The van der Waals surface area contributed by atoms with Gasteiger partial charge in [0.15, 0.2) is 0 Å². The molecule has 0 fully saturated rings. The fraction of sp³-hybridized carbons (Fsp3) is 0. The van der Waals surface area contributed by atoms with E-state index < -0.39 is 5.97 Å². The van der Waals surface area contributed by atoms with Gasteiger partial charge in [-0.3, -0.25) is 0 Å². The number of hydrogen-bond donors (Lipinski definition) is 0. The molecule has 0 atom stereocenters. The Morgan fingerprint density at radius 3 is 2.56 bits per heavy atom. The summed E-state index contributed by atoms with van der Waals surface area (Å²) in [6, 6.07) is 1.51. The molecule has 1 aromatic rings. The molecule has 0 amide bonds. The molecule has 1 heterocycles. The molecule has 0 saturated heterocycles. The van der Waals surface area contributed by atoms with Crippen LogP contribution in [0.4, 0.5) is 0 Å². The van der Waals surface area contributed by atoms with Crippen LogP contribution in [0.1, 0.15) is 10.4 Å². The van der Waals surface area contributed by atoms with E-state index in [2.05, 4.69) is 0 Å². The summed E-state index contributed by atoms with van der Waals surface area (Å²) in [6.07, 6.45) is 0. The summed E-state index contributed by atoms with van der Waals surface area (Å²) in [6.45, 7) is 0. The molecule has 2 nitrogen and oxygen atoms in total. The van der Waals surface area contributed by atoms with E-state index in [9.17, 15) is 9.90 Å². The van der Waals surface area contributed by atoms with Gasteiger partial charge in [0.25, 0.3) is 0 Å². The van der Waals surface area contributed by atoms with Gasteiger partial charge in [-0.2, -0.15) is 11.3 Å². The number of hydrogen-bond acceptors (Lipinski definition) is 3. The van der Waals surface area contributed by atoms with Gasteiger partial charge in [0.05, 0.1) is 5.97 Å². The van der Waals surface area contributed by atoms with Gasteiger partial charge < -0.3 is 9.90 Å². The van der Waals surface area contributed by atoms with Crippen molar-refractivity contribution >= 4 is 17.3 Å². The van der Waals surface area contributed by atoms with Gasteiger partial charge in [0, 0.05) is 5.56 Å². The maximum Gasteiger partial charge on any atom is 1.00 e. The van der Waals surface area contributed by atoms with E-state index in [0.29, 0.717) is 0 Å². The Hall–Kier alpha value is -0.233. The Labute approximate surface area is 68.7 Å². The van der Waals surface area contributed by atoms with Crippen LogP contribution in [-0.4, -0.2) is 5.97 Å². The van der Waals surface area contributed by atoms with Crippen molar-refractivity contribution in [3.63, 3.8) is 0 Å². The van der Waals surface area contributed by atoms with Gasteiger partial charge in [-0.1, -0.05) is 0 Å². The first-order chi connectivity index (χ1) is 3.80. The molecule has 4 heteroatoms. The Balaban J connectivity index is 0.000000640. The monoisotopic (exact) mass is 134 g/mol. The number of carbonyl (C=O) groups excluding carboxylic acids is 1. The molecule has 0 aromatic carbocycles. The maximum absolute atomic E-state index is 9.96. The van der Waals surface area contributed by atoms with Crippen molar-refractivity contribution in [2.24, 2.45) is 0 Å². The zero-order valence-corrected chi connectivity index (χ0v) is 5.77. The third-order valence-corrected chi connectivity index (χ3v) is 1.44. The first kappa shape index (κ1) is 8.77. The van der Waals surface area contributed by atoms with E-state index in [1.807, 2.05) is 0 Å². The van der Waals surface area contributed by atoms with Crippen LogP contribution in [0.2, 0.25) is 0 Å². The van der Waals surface area contributed by atoms with Gasteiger partial charge in [-0.15, -0.1) is 0 Å². The van der Waals surface area contributed by atoms with Crippen LogP contribution in [0.3, 0.4) is 0 Å². The summed E-state index contributed by atoms with van der Waals surface area (Å²) >= 11 is 1.35. The normalized spacial score (nSPS) is 8.00. The fourth-order valence-electron chi connectivity index (χ4n) is 0.381. The van der Waals surface area contributed by atoms with Gasteiger partial charge in [0.2, 0.25) is 0 Å². The largest absolute Gasteiger partial charge is 1.00 e. The number of thiophene rings is 1. The summed E-state index contributed by atoms with van der Waals surface area (Å²) in [5.74, 6) is -1.11. The molecule has 0 saturated carbocycles.